The van der Waals surface area contributed by atoms with E-state index in [-0.39, 0.29) is 5.91 Å². The molecular formula is C24H19ClN2O3. The number of aromatic nitrogens is 1. The Morgan fingerprint density at radius 3 is 2.43 bits per heavy atom. The van der Waals surface area contributed by atoms with Crippen molar-refractivity contribution in [3.63, 3.8) is 0 Å². The summed E-state index contributed by atoms with van der Waals surface area (Å²) in [7, 11) is 3.17. The van der Waals surface area contributed by atoms with Crippen molar-refractivity contribution in [2.24, 2.45) is 0 Å². The van der Waals surface area contributed by atoms with E-state index in [4.69, 9.17) is 26.1 Å². The largest absolute Gasteiger partial charge is 0.497 e. The van der Waals surface area contributed by atoms with Gasteiger partial charge in [-0.15, -0.1) is 0 Å². The summed E-state index contributed by atoms with van der Waals surface area (Å²) in [6.45, 7) is 0. The highest BCUT2D eigenvalue weighted by molar-refractivity contribution is 6.31. The molecule has 0 bridgehead atoms. The van der Waals surface area contributed by atoms with Crippen LogP contribution in [0.25, 0.3) is 22.2 Å². The number of rotatable bonds is 5. The molecule has 0 fully saturated rings. The van der Waals surface area contributed by atoms with Crippen molar-refractivity contribution in [1.29, 1.82) is 0 Å². The van der Waals surface area contributed by atoms with E-state index in [2.05, 4.69) is 5.32 Å². The molecule has 1 N–H and O–H groups in total. The lowest BCUT2D eigenvalue weighted by Gasteiger charge is -2.13. The van der Waals surface area contributed by atoms with E-state index in [1.807, 2.05) is 48.5 Å². The highest BCUT2D eigenvalue weighted by Gasteiger charge is 2.16. The summed E-state index contributed by atoms with van der Waals surface area (Å²) >= 11 is 6.10. The second-order valence-electron chi connectivity index (χ2n) is 6.60. The predicted octanol–water partition coefficient (Wildman–Crippen LogP) is 5.82. The predicted molar refractivity (Wildman–Crippen MR) is 120 cm³/mol. The number of methoxy groups -OCH3 is 2. The van der Waals surface area contributed by atoms with Crippen LogP contribution < -0.4 is 14.8 Å². The van der Waals surface area contributed by atoms with Gasteiger partial charge in [-0.05, 0) is 54.6 Å². The number of carbonyl (C=O) groups excluding carboxylic acids is 1. The number of benzene rings is 3. The first kappa shape index (κ1) is 19.7. The first-order valence-electron chi connectivity index (χ1n) is 9.28. The lowest BCUT2D eigenvalue weighted by Crippen LogP contribution is -2.14. The summed E-state index contributed by atoms with van der Waals surface area (Å²) in [6, 6.07) is 22.0. The van der Waals surface area contributed by atoms with Gasteiger partial charge < -0.3 is 14.8 Å². The van der Waals surface area contributed by atoms with Crippen LogP contribution >= 0.6 is 11.6 Å². The van der Waals surface area contributed by atoms with Gasteiger partial charge in [0.25, 0.3) is 5.91 Å². The van der Waals surface area contributed by atoms with Crippen LogP contribution in [0.3, 0.4) is 0 Å². The molecule has 0 aliphatic carbocycles. The van der Waals surface area contributed by atoms with Crippen molar-refractivity contribution < 1.29 is 14.3 Å². The Hall–Kier alpha value is -3.57. The fraction of sp³-hybridized carbons (Fsp3) is 0.0833. The molecule has 0 aliphatic heterocycles. The van der Waals surface area contributed by atoms with Gasteiger partial charge in [0, 0.05) is 16.0 Å². The number of hydrogen-bond acceptors (Lipinski definition) is 4. The Labute approximate surface area is 179 Å². The van der Waals surface area contributed by atoms with Crippen molar-refractivity contribution in [3.8, 4) is 22.8 Å². The summed E-state index contributed by atoms with van der Waals surface area (Å²) in [6.07, 6.45) is 0. The molecule has 4 rings (SSSR count). The molecule has 5 nitrogen and oxygen atoms in total. The molecule has 0 saturated carbocycles. The summed E-state index contributed by atoms with van der Waals surface area (Å²) < 4.78 is 10.6. The highest BCUT2D eigenvalue weighted by Crippen LogP contribution is 2.30. The number of ether oxygens (including phenoxy) is 2. The molecule has 4 aromatic rings. The Balaban J connectivity index is 1.79. The third kappa shape index (κ3) is 3.93. The molecule has 30 heavy (non-hydrogen) atoms. The molecule has 1 aromatic heterocycles. The quantitative estimate of drug-likeness (QED) is 0.443. The summed E-state index contributed by atoms with van der Waals surface area (Å²) in [5.41, 5.74) is 3.32. The topological polar surface area (TPSA) is 60.5 Å². The third-order valence-electron chi connectivity index (χ3n) is 4.76. The first-order chi connectivity index (χ1) is 14.6. The van der Waals surface area contributed by atoms with E-state index in [1.54, 1.807) is 38.5 Å². The highest BCUT2D eigenvalue weighted by atomic mass is 35.5. The van der Waals surface area contributed by atoms with Crippen LogP contribution in [0.4, 0.5) is 5.69 Å². The Morgan fingerprint density at radius 2 is 1.70 bits per heavy atom. The van der Waals surface area contributed by atoms with Gasteiger partial charge in [0.2, 0.25) is 0 Å². The van der Waals surface area contributed by atoms with Gasteiger partial charge in [0.15, 0.2) is 0 Å². The number of nitrogens with one attached hydrogen (secondary N) is 1. The number of amides is 1. The summed E-state index contributed by atoms with van der Waals surface area (Å²) in [5.74, 6) is 1.01. The van der Waals surface area contributed by atoms with Crippen LogP contribution in [0, 0.1) is 0 Å². The van der Waals surface area contributed by atoms with E-state index < -0.39 is 0 Å². The number of para-hydroxylation sites is 1. The lowest BCUT2D eigenvalue weighted by molar-refractivity contribution is 0.102. The molecule has 150 valence electrons. The number of pyridine rings is 1. The number of nitrogens with zero attached hydrogens (tertiary/aromatic N) is 1. The van der Waals surface area contributed by atoms with Gasteiger partial charge >= 0.3 is 0 Å². The van der Waals surface area contributed by atoms with E-state index in [0.29, 0.717) is 27.7 Å². The molecule has 0 unspecified atom stereocenters. The maximum absolute atomic E-state index is 13.2. The maximum Gasteiger partial charge on any atom is 0.256 e. The third-order valence-corrected chi connectivity index (χ3v) is 4.99. The monoisotopic (exact) mass is 418 g/mol. The second kappa shape index (κ2) is 8.43. The number of fused-ring (bicyclic) bond motifs is 1. The fourth-order valence-corrected chi connectivity index (χ4v) is 3.41. The Kier molecular flexibility index (Phi) is 5.55. The average molecular weight is 419 g/mol. The van der Waals surface area contributed by atoms with Gasteiger partial charge in [-0.1, -0.05) is 29.8 Å². The standard InChI is InChI=1S/C24H19ClN2O3/c1-29-17-10-7-15(8-11-17)21-14-19(18-5-3-4-6-20(18)26-21)24(28)27-22-13-16(25)9-12-23(22)30-2/h3-14H,1-2H3,(H,27,28). The van der Waals surface area contributed by atoms with E-state index in [0.717, 1.165) is 22.2 Å². The van der Waals surface area contributed by atoms with E-state index in [1.165, 1.54) is 0 Å². The van der Waals surface area contributed by atoms with Crippen molar-refractivity contribution in [3.05, 3.63) is 83.4 Å². The molecule has 0 radical (unpaired) electrons. The molecule has 0 aliphatic rings. The number of carbonyl (C=O) groups is 1. The minimum Gasteiger partial charge on any atom is -0.497 e. The lowest BCUT2D eigenvalue weighted by atomic mass is 10.0. The van der Waals surface area contributed by atoms with Crippen molar-refractivity contribution in [2.75, 3.05) is 19.5 Å². The maximum atomic E-state index is 13.2. The van der Waals surface area contributed by atoms with E-state index >= 15 is 0 Å². The van der Waals surface area contributed by atoms with Crippen LogP contribution in [0.1, 0.15) is 10.4 Å². The van der Waals surface area contributed by atoms with Crippen LogP contribution in [0.15, 0.2) is 72.8 Å². The SMILES string of the molecule is COc1ccc(-c2cc(C(=O)Nc3cc(Cl)ccc3OC)c3ccccc3n2)cc1. The zero-order valence-electron chi connectivity index (χ0n) is 16.5. The number of hydrogen-bond donors (Lipinski definition) is 1. The molecule has 1 amide bonds. The number of halogens is 1. The van der Waals surface area contributed by atoms with Gasteiger partial charge in [-0.2, -0.15) is 0 Å². The van der Waals surface area contributed by atoms with Crippen molar-refractivity contribution in [1.82, 2.24) is 4.98 Å². The molecule has 6 heteroatoms. The minimum absolute atomic E-state index is 0.274. The van der Waals surface area contributed by atoms with Crippen LogP contribution in [-0.4, -0.2) is 25.1 Å². The summed E-state index contributed by atoms with van der Waals surface area (Å²) in [4.78, 5) is 18.0. The number of anilines is 1. The fourth-order valence-electron chi connectivity index (χ4n) is 3.24. The molecule has 1 heterocycles. The minimum atomic E-state index is -0.274. The van der Waals surface area contributed by atoms with Gasteiger partial charge in [0.1, 0.15) is 11.5 Å². The van der Waals surface area contributed by atoms with Crippen LogP contribution in [0.5, 0.6) is 11.5 Å². The van der Waals surface area contributed by atoms with Crippen molar-refractivity contribution >= 4 is 34.1 Å². The zero-order valence-corrected chi connectivity index (χ0v) is 17.2. The second-order valence-corrected chi connectivity index (χ2v) is 7.04. The van der Waals surface area contributed by atoms with Crippen LogP contribution in [-0.2, 0) is 0 Å². The normalized spacial score (nSPS) is 10.6. The zero-order chi connectivity index (χ0) is 21.1. The molecule has 3 aromatic carbocycles. The van der Waals surface area contributed by atoms with Gasteiger partial charge in [-0.25, -0.2) is 4.98 Å². The Bertz CT molecular complexity index is 1220. The summed E-state index contributed by atoms with van der Waals surface area (Å²) in [5, 5.41) is 4.17. The smallest absolute Gasteiger partial charge is 0.256 e. The van der Waals surface area contributed by atoms with Gasteiger partial charge in [-0.3, -0.25) is 4.79 Å². The van der Waals surface area contributed by atoms with E-state index in [9.17, 15) is 4.79 Å². The Morgan fingerprint density at radius 1 is 0.933 bits per heavy atom. The first-order valence-corrected chi connectivity index (χ1v) is 9.66. The molecule has 0 saturated heterocycles. The van der Waals surface area contributed by atoms with Crippen LogP contribution in [0.2, 0.25) is 5.02 Å². The molecular weight excluding hydrogens is 400 g/mol. The van der Waals surface area contributed by atoms with Gasteiger partial charge in [0.05, 0.1) is 36.7 Å². The average Bonchev–Trinajstić information content (AvgIpc) is 2.78. The molecule has 0 atom stereocenters. The van der Waals surface area contributed by atoms with Crippen molar-refractivity contribution in [2.45, 2.75) is 0 Å². The molecule has 0 spiro atoms.